The Labute approximate surface area is 109 Å². The molecule has 19 heavy (non-hydrogen) atoms. The molecule has 0 aliphatic heterocycles. The minimum Gasteiger partial charge on any atom is -0.479 e. The molecule has 1 aromatic carbocycles. The molecule has 1 amide bonds. The smallest absolute Gasteiger partial charge is 0.269 e. The lowest BCUT2D eigenvalue weighted by Gasteiger charge is -2.09. The first-order valence-electron chi connectivity index (χ1n) is 5.51. The van der Waals surface area contributed by atoms with Crippen molar-refractivity contribution in [2.45, 2.75) is 0 Å². The molecule has 2 N–H and O–H groups in total. The van der Waals surface area contributed by atoms with E-state index in [4.69, 9.17) is 4.74 Å². The first kappa shape index (κ1) is 12.8. The molecule has 0 bridgehead atoms. The standard InChI is InChI=1S/C13H12FN3O2/c1-19-13-11(14)7-10(8-15-13)16-17-12(18)9-5-3-2-4-6-9/h2-8,16H,1H3,(H,17,18). The van der Waals surface area contributed by atoms with Gasteiger partial charge >= 0.3 is 0 Å². The largest absolute Gasteiger partial charge is 0.479 e. The van der Waals surface area contributed by atoms with Gasteiger partial charge in [0.1, 0.15) is 0 Å². The van der Waals surface area contributed by atoms with Crippen molar-refractivity contribution in [2.75, 3.05) is 12.5 Å². The van der Waals surface area contributed by atoms with E-state index in [1.807, 2.05) is 6.07 Å². The minimum absolute atomic E-state index is 0.0973. The van der Waals surface area contributed by atoms with Crippen LogP contribution in [-0.2, 0) is 0 Å². The number of aromatic nitrogens is 1. The number of halogens is 1. The number of nitrogens with zero attached hydrogens (tertiary/aromatic N) is 1. The zero-order valence-corrected chi connectivity index (χ0v) is 10.2. The lowest BCUT2D eigenvalue weighted by Crippen LogP contribution is -2.29. The van der Waals surface area contributed by atoms with E-state index in [0.717, 1.165) is 0 Å². The van der Waals surface area contributed by atoms with E-state index in [1.54, 1.807) is 24.3 Å². The van der Waals surface area contributed by atoms with Crippen molar-refractivity contribution in [1.29, 1.82) is 0 Å². The summed E-state index contributed by atoms with van der Waals surface area (Å²) in [4.78, 5) is 15.4. The molecule has 0 aliphatic rings. The van der Waals surface area contributed by atoms with E-state index in [9.17, 15) is 9.18 Å². The van der Waals surface area contributed by atoms with Gasteiger partial charge in [0.15, 0.2) is 5.82 Å². The summed E-state index contributed by atoms with van der Waals surface area (Å²) in [5, 5.41) is 0. The highest BCUT2D eigenvalue weighted by molar-refractivity contribution is 5.94. The maximum Gasteiger partial charge on any atom is 0.269 e. The first-order chi connectivity index (χ1) is 9.20. The number of pyridine rings is 1. The number of methoxy groups -OCH3 is 1. The van der Waals surface area contributed by atoms with Crippen LogP contribution >= 0.6 is 0 Å². The fraction of sp³-hybridized carbons (Fsp3) is 0.0769. The van der Waals surface area contributed by atoms with Crippen LogP contribution in [0, 0.1) is 5.82 Å². The molecule has 1 heterocycles. The second-order valence-electron chi connectivity index (χ2n) is 3.66. The Balaban J connectivity index is 1.99. The van der Waals surface area contributed by atoms with Crippen LogP contribution in [0.15, 0.2) is 42.6 Å². The van der Waals surface area contributed by atoms with Crippen molar-refractivity contribution in [2.24, 2.45) is 0 Å². The predicted molar refractivity (Wildman–Crippen MR) is 68.3 cm³/mol. The number of anilines is 1. The topological polar surface area (TPSA) is 63.2 Å². The first-order valence-corrected chi connectivity index (χ1v) is 5.51. The number of amides is 1. The summed E-state index contributed by atoms with van der Waals surface area (Å²) < 4.78 is 18.1. The number of hydrogen-bond acceptors (Lipinski definition) is 4. The number of benzene rings is 1. The summed E-state index contributed by atoms with van der Waals surface area (Å²) >= 11 is 0. The van der Waals surface area contributed by atoms with Crippen molar-refractivity contribution < 1.29 is 13.9 Å². The van der Waals surface area contributed by atoms with Gasteiger partial charge in [0.2, 0.25) is 5.88 Å². The monoisotopic (exact) mass is 261 g/mol. The molecule has 2 aromatic rings. The van der Waals surface area contributed by atoms with Gasteiger partial charge in [0, 0.05) is 11.6 Å². The molecule has 0 spiro atoms. The van der Waals surface area contributed by atoms with E-state index >= 15 is 0 Å². The van der Waals surface area contributed by atoms with Crippen LogP contribution in [0.25, 0.3) is 0 Å². The van der Waals surface area contributed by atoms with Crippen molar-refractivity contribution in [3.05, 3.63) is 54.0 Å². The molecule has 0 fully saturated rings. The lowest BCUT2D eigenvalue weighted by atomic mass is 10.2. The SMILES string of the molecule is COc1ncc(NNC(=O)c2ccccc2)cc1F. The molecular weight excluding hydrogens is 249 g/mol. The number of carbonyl (C=O) groups is 1. The molecule has 0 radical (unpaired) electrons. The van der Waals surface area contributed by atoms with Crippen molar-refractivity contribution in [1.82, 2.24) is 10.4 Å². The average Bonchev–Trinajstić information content (AvgIpc) is 2.46. The molecule has 0 unspecified atom stereocenters. The summed E-state index contributed by atoms with van der Waals surface area (Å²) in [6.45, 7) is 0. The Hall–Kier alpha value is -2.63. The Morgan fingerprint density at radius 1 is 1.32 bits per heavy atom. The van der Waals surface area contributed by atoms with E-state index in [1.165, 1.54) is 19.4 Å². The molecule has 6 heteroatoms. The van der Waals surface area contributed by atoms with Crippen LogP contribution in [-0.4, -0.2) is 18.0 Å². The predicted octanol–water partition coefficient (Wildman–Crippen LogP) is 1.99. The number of hydrazine groups is 1. The Bertz CT molecular complexity index is 575. The summed E-state index contributed by atoms with van der Waals surface area (Å²) in [5.41, 5.74) is 5.84. The Kier molecular flexibility index (Phi) is 3.92. The maximum absolute atomic E-state index is 13.4. The summed E-state index contributed by atoms with van der Waals surface area (Å²) in [6.07, 6.45) is 1.35. The third-order valence-corrected chi connectivity index (χ3v) is 2.36. The summed E-state index contributed by atoms with van der Waals surface area (Å²) in [5.74, 6) is -1.03. The van der Waals surface area contributed by atoms with E-state index in [0.29, 0.717) is 11.3 Å². The highest BCUT2D eigenvalue weighted by Gasteiger charge is 2.07. The van der Waals surface area contributed by atoms with Gasteiger partial charge in [-0.25, -0.2) is 9.37 Å². The van der Waals surface area contributed by atoms with Gasteiger partial charge in [-0.2, -0.15) is 0 Å². The van der Waals surface area contributed by atoms with Gasteiger partial charge in [0.25, 0.3) is 5.91 Å². The molecule has 98 valence electrons. The second kappa shape index (κ2) is 5.81. The van der Waals surface area contributed by atoms with Gasteiger partial charge in [-0.1, -0.05) is 18.2 Å². The molecule has 0 saturated heterocycles. The van der Waals surface area contributed by atoms with Crippen molar-refractivity contribution >= 4 is 11.6 Å². The fourth-order valence-electron chi connectivity index (χ4n) is 1.43. The maximum atomic E-state index is 13.4. The minimum atomic E-state index is -0.610. The van der Waals surface area contributed by atoms with Gasteiger partial charge in [-0.15, -0.1) is 0 Å². The van der Waals surface area contributed by atoms with Crippen LogP contribution in [0.2, 0.25) is 0 Å². The molecule has 0 aliphatic carbocycles. The Morgan fingerprint density at radius 2 is 2.05 bits per heavy atom. The van der Waals surface area contributed by atoms with Crippen LogP contribution in [0.4, 0.5) is 10.1 Å². The van der Waals surface area contributed by atoms with E-state index < -0.39 is 5.82 Å². The van der Waals surface area contributed by atoms with Crippen LogP contribution in [0.1, 0.15) is 10.4 Å². The Morgan fingerprint density at radius 3 is 2.68 bits per heavy atom. The zero-order valence-electron chi connectivity index (χ0n) is 10.2. The van der Waals surface area contributed by atoms with Gasteiger partial charge in [-0.3, -0.25) is 15.6 Å². The quantitative estimate of drug-likeness (QED) is 0.826. The lowest BCUT2D eigenvalue weighted by molar-refractivity contribution is 0.0962. The zero-order chi connectivity index (χ0) is 13.7. The highest BCUT2D eigenvalue weighted by Crippen LogP contribution is 2.16. The summed E-state index contributed by atoms with van der Waals surface area (Å²) in [6, 6.07) is 9.84. The third-order valence-electron chi connectivity index (χ3n) is 2.36. The van der Waals surface area contributed by atoms with Gasteiger partial charge < -0.3 is 4.74 Å². The number of nitrogens with one attached hydrogen (secondary N) is 2. The third kappa shape index (κ3) is 3.19. The molecular formula is C13H12FN3O2. The normalized spacial score (nSPS) is 9.79. The fourth-order valence-corrected chi connectivity index (χ4v) is 1.43. The highest BCUT2D eigenvalue weighted by atomic mass is 19.1. The van der Waals surface area contributed by atoms with Gasteiger partial charge in [0.05, 0.1) is 19.0 Å². The van der Waals surface area contributed by atoms with E-state index in [2.05, 4.69) is 15.8 Å². The van der Waals surface area contributed by atoms with E-state index in [-0.39, 0.29) is 11.8 Å². The van der Waals surface area contributed by atoms with Crippen molar-refractivity contribution in [3.8, 4) is 5.88 Å². The molecule has 0 saturated carbocycles. The van der Waals surface area contributed by atoms with Crippen LogP contribution in [0.3, 0.4) is 0 Å². The van der Waals surface area contributed by atoms with Crippen LogP contribution < -0.4 is 15.6 Å². The number of ether oxygens (including phenoxy) is 1. The number of hydrogen-bond donors (Lipinski definition) is 2. The molecule has 0 atom stereocenters. The van der Waals surface area contributed by atoms with Crippen LogP contribution in [0.5, 0.6) is 5.88 Å². The van der Waals surface area contributed by atoms with Gasteiger partial charge in [-0.05, 0) is 12.1 Å². The second-order valence-corrected chi connectivity index (χ2v) is 3.66. The van der Waals surface area contributed by atoms with Crippen molar-refractivity contribution in [3.63, 3.8) is 0 Å². The summed E-state index contributed by atoms with van der Waals surface area (Å²) in [7, 11) is 1.33. The number of carbonyl (C=O) groups excluding carboxylic acids is 1. The molecule has 1 aromatic heterocycles. The average molecular weight is 261 g/mol. The number of rotatable bonds is 4. The molecule has 2 rings (SSSR count). The molecule has 5 nitrogen and oxygen atoms in total.